The molecule has 3 aliphatic rings. The topological polar surface area (TPSA) is 85.8 Å². The Morgan fingerprint density at radius 1 is 1.03 bits per heavy atom. The van der Waals surface area contributed by atoms with Crippen molar-refractivity contribution in [1.29, 1.82) is 0 Å². The first kappa shape index (κ1) is 24.7. The van der Waals surface area contributed by atoms with E-state index in [4.69, 9.17) is 0 Å². The molecule has 8 nitrogen and oxygen atoms in total. The van der Waals surface area contributed by atoms with Gasteiger partial charge in [0.05, 0.1) is 11.5 Å². The normalized spacial score (nSPS) is 24.0. The number of hydrogen-bond donors (Lipinski definition) is 1. The van der Waals surface area contributed by atoms with Crippen molar-refractivity contribution in [2.24, 2.45) is 5.92 Å². The quantitative estimate of drug-likeness (QED) is 0.650. The highest BCUT2D eigenvalue weighted by atomic mass is 16.3. The summed E-state index contributed by atoms with van der Waals surface area (Å²) in [5.74, 6) is -2.24. The van der Waals surface area contributed by atoms with Crippen molar-refractivity contribution in [3.05, 3.63) is 33.8 Å². The molecule has 1 aromatic rings. The lowest BCUT2D eigenvalue weighted by atomic mass is 9.70. The van der Waals surface area contributed by atoms with Gasteiger partial charge in [0, 0.05) is 57.1 Å². The minimum absolute atomic E-state index is 0.129. The second-order valence-electron chi connectivity index (χ2n) is 11.1. The maximum atomic E-state index is 13.4. The summed E-state index contributed by atoms with van der Waals surface area (Å²) in [6.45, 7) is 17.5. The molecule has 34 heavy (non-hydrogen) atoms. The number of Topliss-reactive ketones (excluding diaryl/α,β-unsaturated/α-hetero) is 1. The molecular weight excluding hydrogens is 430 g/mol. The molecule has 3 heterocycles. The summed E-state index contributed by atoms with van der Waals surface area (Å²) >= 11 is 0. The van der Waals surface area contributed by atoms with Gasteiger partial charge in [0.2, 0.25) is 0 Å². The Morgan fingerprint density at radius 2 is 1.65 bits per heavy atom. The maximum Gasteiger partial charge on any atom is 0.295 e. The third-order valence-electron chi connectivity index (χ3n) is 7.85. The predicted octanol–water partition coefficient (Wildman–Crippen LogP) is 0.350. The van der Waals surface area contributed by atoms with Gasteiger partial charge in [-0.25, -0.2) is 10.0 Å². The number of hydrazine groups is 2. The number of nitrogens with zero attached hydrogens (tertiary/aromatic N) is 4. The number of allylic oxidation sites excluding steroid dienone is 1. The number of carbonyl (C=O) groups excluding carboxylic acids is 2. The lowest BCUT2D eigenvalue weighted by molar-refractivity contribution is -0.634. The Kier molecular flexibility index (Phi) is 6.27. The van der Waals surface area contributed by atoms with Gasteiger partial charge in [-0.2, -0.15) is 0 Å². The van der Waals surface area contributed by atoms with Crippen molar-refractivity contribution >= 4 is 17.4 Å². The van der Waals surface area contributed by atoms with Gasteiger partial charge in [0.25, 0.3) is 5.91 Å². The van der Waals surface area contributed by atoms with Crippen LogP contribution in [-0.2, 0) is 16.1 Å². The fourth-order valence-corrected chi connectivity index (χ4v) is 5.72. The summed E-state index contributed by atoms with van der Waals surface area (Å²) in [6.07, 6.45) is 2.48. The lowest BCUT2D eigenvalue weighted by Crippen LogP contribution is -2.84. The SMILES string of the molecule is CC1=[NH+]N(C(C)(C)C)C(=O)C1C1=C([O-])C(c2c(C)c(C)n(CCN(C)N3CCCC3)c2C)C1=O. The zero-order valence-electron chi connectivity index (χ0n) is 21.9. The molecule has 2 atom stereocenters. The van der Waals surface area contributed by atoms with Gasteiger partial charge in [-0.15, -0.1) is 15.9 Å². The molecule has 0 saturated carbocycles. The van der Waals surface area contributed by atoms with E-state index in [1.54, 1.807) is 6.92 Å². The van der Waals surface area contributed by atoms with Gasteiger partial charge < -0.3 is 9.67 Å². The van der Waals surface area contributed by atoms with Gasteiger partial charge in [0.15, 0.2) is 17.4 Å². The molecule has 2 unspecified atom stereocenters. The van der Waals surface area contributed by atoms with E-state index in [2.05, 4.69) is 33.7 Å². The van der Waals surface area contributed by atoms with E-state index in [9.17, 15) is 14.7 Å². The summed E-state index contributed by atoms with van der Waals surface area (Å²) in [7, 11) is 2.12. The predicted molar refractivity (Wildman–Crippen MR) is 129 cm³/mol. The van der Waals surface area contributed by atoms with E-state index in [1.807, 2.05) is 34.6 Å². The van der Waals surface area contributed by atoms with Crippen LogP contribution < -0.4 is 10.2 Å². The van der Waals surface area contributed by atoms with Crippen molar-refractivity contribution in [2.75, 3.05) is 26.7 Å². The van der Waals surface area contributed by atoms with E-state index in [-0.39, 0.29) is 23.0 Å². The zero-order valence-corrected chi connectivity index (χ0v) is 21.9. The first-order valence-electron chi connectivity index (χ1n) is 12.4. The number of amides is 1. The van der Waals surface area contributed by atoms with Crippen LogP contribution in [0.25, 0.3) is 0 Å². The fraction of sp³-hybridized carbons (Fsp3) is 0.654. The van der Waals surface area contributed by atoms with Crippen molar-refractivity contribution in [3.8, 4) is 0 Å². The molecule has 0 bridgehead atoms. The summed E-state index contributed by atoms with van der Waals surface area (Å²) in [5.41, 5.74) is 4.21. The number of hydrazone groups is 1. The van der Waals surface area contributed by atoms with Crippen molar-refractivity contribution < 1.29 is 19.8 Å². The average molecular weight is 470 g/mol. The Balaban J connectivity index is 1.59. The fourth-order valence-electron chi connectivity index (χ4n) is 5.72. The Morgan fingerprint density at radius 3 is 2.18 bits per heavy atom. The van der Waals surface area contributed by atoms with E-state index in [0.717, 1.165) is 48.7 Å². The molecule has 1 aliphatic carbocycles. The molecule has 0 radical (unpaired) electrons. The number of nitrogens with one attached hydrogen (secondary N) is 1. The highest BCUT2D eigenvalue weighted by Gasteiger charge is 2.52. The molecule has 1 aromatic heterocycles. The molecular formula is C26H39N5O3. The lowest BCUT2D eigenvalue weighted by Gasteiger charge is -2.38. The summed E-state index contributed by atoms with van der Waals surface area (Å²) in [6, 6.07) is 0. The number of rotatable bonds is 6. The van der Waals surface area contributed by atoms with Crippen LogP contribution >= 0.6 is 0 Å². The summed E-state index contributed by atoms with van der Waals surface area (Å²) < 4.78 is 2.23. The van der Waals surface area contributed by atoms with Crippen LogP contribution in [0.15, 0.2) is 11.3 Å². The third kappa shape index (κ3) is 3.81. The average Bonchev–Trinajstić information content (AvgIpc) is 3.45. The van der Waals surface area contributed by atoms with E-state index >= 15 is 0 Å². The molecule has 1 N–H and O–H groups in total. The van der Waals surface area contributed by atoms with Crippen LogP contribution in [0.4, 0.5) is 0 Å². The molecule has 186 valence electrons. The van der Waals surface area contributed by atoms with Gasteiger partial charge in [-0.3, -0.25) is 9.59 Å². The van der Waals surface area contributed by atoms with Crippen LogP contribution in [0.1, 0.15) is 69.0 Å². The monoisotopic (exact) mass is 469 g/mol. The molecule has 0 aromatic carbocycles. The minimum Gasteiger partial charge on any atom is -0.874 e. The van der Waals surface area contributed by atoms with E-state index in [0.29, 0.717) is 5.71 Å². The largest absolute Gasteiger partial charge is 0.874 e. The first-order chi connectivity index (χ1) is 15.9. The Hall–Kier alpha value is -2.45. The smallest absolute Gasteiger partial charge is 0.295 e. The zero-order chi connectivity index (χ0) is 25.1. The van der Waals surface area contributed by atoms with Crippen LogP contribution in [-0.4, -0.2) is 69.2 Å². The highest BCUT2D eigenvalue weighted by molar-refractivity contribution is 6.20. The summed E-state index contributed by atoms with van der Waals surface area (Å²) in [4.78, 5) is 26.5. The molecule has 1 amide bonds. The molecule has 4 rings (SSSR count). The number of ketones is 1. The molecule has 0 spiro atoms. The van der Waals surface area contributed by atoms with Crippen LogP contribution in [0, 0.1) is 26.7 Å². The van der Waals surface area contributed by atoms with Crippen molar-refractivity contribution in [2.45, 2.75) is 79.3 Å². The maximum absolute atomic E-state index is 13.4. The molecule has 1 fully saturated rings. The van der Waals surface area contributed by atoms with Crippen LogP contribution in [0.5, 0.6) is 0 Å². The number of hydrogen-bond acceptors (Lipinski definition) is 5. The standard InChI is InChI=1S/C26H39N5O3/c1-15-17(3)30(14-13-28(8)29-11-9-10-12-29)18(4)19(15)21-23(32)22(24(21)33)20-16(2)27-31(25(20)34)26(5,6)7/h20-21,32H,9-14H2,1-8H3. The van der Waals surface area contributed by atoms with E-state index < -0.39 is 17.4 Å². The van der Waals surface area contributed by atoms with Gasteiger partial charge >= 0.3 is 0 Å². The van der Waals surface area contributed by atoms with Gasteiger partial charge in [-0.1, -0.05) is 0 Å². The summed E-state index contributed by atoms with van der Waals surface area (Å²) in [5, 5.41) is 22.7. The number of likely N-dealkylation sites (N-methyl/N-ethyl adjacent to an activating group) is 1. The van der Waals surface area contributed by atoms with Gasteiger partial charge in [-0.05, 0) is 65.5 Å². The Bertz CT molecular complexity index is 1080. The van der Waals surface area contributed by atoms with Crippen LogP contribution in [0.2, 0.25) is 0 Å². The minimum atomic E-state index is -0.798. The first-order valence-corrected chi connectivity index (χ1v) is 12.4. The number of carbonyl (C=O) groups is 2. The number of aromatic nitrogens is 1. The second-order valence-corrected chi connectivity index (χ2v) is 11.1. The van der Waals surface area contributed by atoms with Crippen LogP contribution in [0.3, 0.4) is 0 Å². The van der Waals surface area contributed by atoms with Crippen molar-refractivity contribution in [1.82, 2.24) is 19.6 Å². The van der Waals surface area contributed by atoms with E-state index in [1.165, 1.54) is 17.9 Å². The molecule has 1 saturated heterocycles. The van der Waals surface area contributed by atoms with Gasteiger partial charge in [0.1, 0.15) is 0 Å². The highest BCUT2D eigenvalue weighted by Crippen LogP contribution is 2.44. The third-order valence-corrected chi connectivity index (χ3v) is 7.85. The van der Waals surface area contributed by atoms with Crippen molar-refractivity contribution in [3.63, 3.8) is 0 Å². The second kappa shape index (κ2) is 8.64. The molecule has 2 aliphatic heterocycles. The molecule has 8 heteroatoms. The Labute approximate surface area is 202 Å².